The van der Waals surface area contributed by atoms with Gasteiger partial charge in [-0.2, -0.15) is 0 Å². The fraction of sp³-hybridized carbons (Fsp3) is 1.00. The van der Waals surface area contributed by atoms with E-state index in [-0.39, 0.29) is 0 Å². The molecule has 0 amide bonds. The summed E-state index contributed by atoms with van der Waals surface area (Å²) in [6.45, 7) is 3.21. The third kappa shape index (κ3) is 14.7. The van der Waals surface area contributed by atoms with Gasteiger partial charge in [-0.05, 0) is 6.42 Å². The van der Waals surface area contributed by atoms with Crippen LogP contribution in [0.25, 0.3) is 0 Å². The van der Waals surface area contributed by atoms with E-state index < -0.39 is 0 Å². The van der Waals surface area contributed by atoms with Crippen LogP contribution in [-0.4, -0.2) is 6.61 Å². The first kappa shape index (κ1) is 16.7. The molecule has 16 heavy (non-hydrogen) atoms. The highest BCUT2D eigenvalue weighted by atomic mass is 127. The highest BCUT2D eigenvalue weighted by Crippen LogP contribution is 2.11. The van der Waals surface area contributed by atoms with E-state index in [1.54, 1.807) is 0 Å². The van der Waals surface area contributed by atoms with Gasteiger partial charge in [0, 0.05) is 0 Å². The van der Waals surface area contributed by atoms with Crippen molar-refractivity contribution in [2.75, 3.05) is 6.61 Å². The molecule has 0 saturated carbocycles. The van der Waals surface area contributed by atoms with Gasteiger partial charge in [-0.25, -0.2) is 0 Å². The second kappa shape index (κ2) is 15.7. The molecule has 0 aromatic carbocycles. The molecule has 0 saturated heterocycles. The highest BCUT2D eigenvalue weighted by molar-refractivity contribution is 14.1. The Bertz CT molecular complexity index is 103. The van der Waals surface area contributed by atoms with Crippen LogP contribution in [0.1, 0.15) is 84.0 Å². The molecule has 0 N–H and O–H groups in total. The molecule has 0 aromatic heterocycles. The zero-order valence-corrected chi connectivity index (χ0v) is 13.1. The number of rotatable bonds is 13. The molecule has 0 spiro atoms. The molecule has 0 unspecified atom stereocenters. The summed E-state index contributed by atoms with van der Waals surface area (Å²) in [5.74, 6) is 0. The van der Waals surface area contributed by atoms with E-state index in [9.17, 15) is 0 Å². The van der Waals surface area contributed by atoms with Crippen LogP contribution in [0, 0.1) is 0 Å². The van der Waals surface area contributed by atoms with E-state index in [0.29, 0.717) is 0 Å². The Morgan fingerprint density at radius 3 is 1.38 bits per heavy atom. The standard InChI is InChI=1S/C14H29IO/c1-2-3-4-5-6-7-8-9-10-11-12-13-14-16-15/h2-14H2,1H3. The molecule has 0 aromatic rings. The molecule has 0 fully saturated rings. The van der Waals surface area contributed by atoms with Crippen LogP contribution in [-0.2, 0) is 3.07 Å². The minimum absolute atomic E-state index is 0.929. The van der Waals surface area contributed by atoms with Gasteiger partial charge in [0.25, 0.3) is 0 Å². The molecule has 0 aliphatic carbocycles. The highest BCUT2D eigenvalue weighted by Gasteiger charge is 1.93. The van der Waals surface area contributed by atoms with Crippen molar-refractivity contribution in [1.82, 2.24) is 0 Å². The molecule has 2 heteroatoms. The number of hydrogen-bond donors (Lipinski definition) is 0. The quantitative estimate of drug-likeness (QED) is 0.293. The van der Waals surface area contributed by atoms with Crippen LogP contribution in [0.4, 0.5) is 0 Å². The number of unbranched alkanes of at least 4 members (excludes halogenated alkanes) is 11. The fourth-order valence-corrected chi connectivity index (χ4v) is 2.31. The average Bonchev–Trinajstić information content (AvgIpc) is 2.31. The monoisotopic (exact) mass is 340 g/mol. The molecule has 0 rings (SSSR count). The van der Waals surface area contributed by atoms with E-state index in [4.69, 9.17) is 3.07 Å². The molecular weight excluding hydrogens is 311 g/mol. The molecule has 1 nitrogen and oxygen atoms in total. The van der Waals surface area contributed by atoms with Crippen LogP contribution in [0.15, 0.2) is 0 Å². The van der Waals surface area contributed by atoms with Crippen LogP contribution >= 0.6 is 23.0 Å². The van der Waals surface area contributed by atoms with Crippen molar-refractivity contribution in [2.45, 2.75) is 84.0 Å². The summed E-state index contributed by atoms with van der Waals surface area (Å²) in [4.78, 5) is 0. The maximum absolute atomic E-state index is 5.00. The molecule has 0 aliphatic rings. The minimum atomic E-state index is 0.929. The summed E-state index contributed by atoms with van der Waals surface area (Å²) < 4.78 is 5.00. The maximum atomic E-state index is 5.00. The topological polar surface area (TPSA) is 9.23 Å². The van der Waals surface area contributed by atoms with Crippen LogP contribution in [0.3, 0.4) is 0 Å². The Morgan fingerprint density at radius 1 is 0.625 bits per heavy atom. The van der Waals surface area contributed by atoms with Gasteiger partial charge in [0.15, 0.2) is 0 Å². The van der Waals surface area contributed by atoms with Crippen molar-refractivity contribution in [3.8, 4) is 0 Å². The summed E-state index contributed by atoms with van der Waals surface area (Å²) in [5, 5.41) is 0. The predicted octanol–water partition coefficient (Wildman–Crippen LogP) is 6.05. The second-order valence-electron chi connectivity index (χ2n) is 4.70. The van der Waals surface area contributed by atoms with Crippen molar-refractivity contribution in [1.29, 1.82) is 0 Å². The van der Waals surface area contributed by atoms with Crippen molar-refractivity contribution in [3.05, 3.63) is 0 Å². The van der Waals surface area contributed by atoms with Gasteiger partial charge in [-0.3, -0.25) is 0 Å². The van der Waals surface area contributed by atoms with E-state index in [1.807, 2.05) is 23.0 Å². The van der Waals surface area contributed by atoms with E-state index in [2.05, 4.69) is 6.92 Å². The second-order valence-corrected chi connectivity index (χ2v) is 5.33. The van der Waals surface area contributed by atoms with Crippen molar-refractivity contribution in [2.24, 2.45) is 0 Å². The first-order chi connectivity index (χ1) is 7.91. The van der Waals surface area contributed by atoms with Crippen molar-refractivity contribution < 1.29 is 3.07 Å². The van der Waals surface area contributed by atoms with Gasteiger partial charge >= 0.3 is 0 Å². The maximum Gasteiger partial charge on any atom is 0.109 e. The summed E-state index contributed by atoms with van der Waals surface area (Å²) in [6, 6.07) is 0. The van der Waals surface area contributed by atoms with E-state index in [0.717, 1.165) is 6.61 Å². The summed E-state index contributed by atoms with van der Waals surface area (Å²) >= 11 is 1.98. The lowest BCUT2D eigenvalue weighted by atomic mass is 10.1. The van der Waals surface area contributed by atoms with Crippen LogP contribution in [0.5, 0.6) is 0 Å². The van der Waals surface area contributed by atoms with Gasteiger partial charge in [-0.1, -0.05) is 77.6 Å². The summed E-state index contributed by atoms with van der Waals surface area (Å²) in [6.07, 6.45) is 16.9. The van der Waals surface area contributed by atoms with Gasteiger partial charge in [-0.15, -0.1) is 0 Å². The van der Waals surface area contributed by atoms with Crippen LogP contribution in [0.2, 0.25) is 0 Å². The average molecular weight is 340 g/mol. The molecule has 0 atom stereocenters. The molecule has 0 aliphatic heterocycles. The summed E-state index contributed by atoms with van der Waals surface area (Å²) in [5.41, 5.74) is 0. The van der Waals surface area contributed by atoms with Gasteiger partial charge < -0.3 is 3.07 Å². The first-order valence-electron chi connectivity index (χ1n) is 7.15. The zero-order chi connectivity index (χ0) is 11.9. The van der Waals surface area contributed by atoms with Gasteiger partial charge in [0.1, 0.15) is 23.0 Å². The molecular formula is C14H29IO. The zero-order valence-electron chi connectivity index (χ0n) is 11.0. The Hall–Kier alpha value is 0.690. The molecule has 0 bridgehead atoms. The van der Waals surface area contributed by atoms with E-state index in [1.165, 1.54) is 77.0 Å². The minimum Gasteiger partial charge on any atom is -0.316 e. The first-order valence-corrected chi connectivity index (χ1v) is 8.03. The van der Waals surface area contributed by atoms with Crippen molar-refractivity contribution >= 4 is 23.0 Å². The Balaban J connectivity index is 2.83. The lowest BCUT2D eigenvalue weighted by Crippen LogP contribution is -1.85. The molecule has 98 valence electrons. The largest absolute Gasteiger partial charge is 0.316 e. The predicted molar refractivity (Wildman–Crippen MR) is 81.1 cm³/mol. The fourth-order valence-electron chi connectivity index (χ4n) is 2.00. The third-order valence-electron chi connectivity index (χ3n) is 3.08. The van der Waals surface area contributed by atoms with Gasteiger partial charge in [0.05, 0.1) is 6.61 Å². The van der Waals surface area contributed by atoms with Crippen molar-refractivity contribution in [3.63, 3.8) is 0 Å². The van der Waals surface area contributed by atoms with Crippen LogP contribution < -0.4 is 0 Å². The SMILES string of the molecule is CCCCCCCCCCCCCCOI. The smallest absolute Gasteiger partial charge is 0.109 e. The van der Waals surface area contributed by atoms with E-state index >= 15 is 0 Å². The molecule has 0 heterocycles. The summed E-state index contributed by atoms with van der Waals surface area (Å²) in [7, 11) is 0. The Labute approximate surface area is 116 Å². The normalized spacial score (nSPS) is 10.9. The third-order valence-corrected chi connectivity index (χ3v) is 3.52. The Morgan fingerprint density at radius 2 is 1.00 bits per heavy atom. The lowest BCUT2D eigenvalue weighted by molar-refractivity contribution is 0.399. The Kier molecular flexibility index (Phi) is 16.4. The molecule has 0 radical (unpaired) electrons. The number of hydrogen-bond acceptors (Lipinski definition) is 1. The number of halogens is 1. The lowest BCUT2D eigenvalue weighted by Gasteiger charge is -2.02. The van der Waals surface area contributed by atoms with Gasteiger partial charge in [0.2, 0.25) is 0 Å².